The third kappa shape index (κ3) is 8.14. The lowest BCUT2D eigenvalue weighted by atomic mass is 10.0. The molecule has 9 heteroatoms. The number of nitrogens with one attached hydrogen (secondary N) is 1. The minimum absolute atomic E-state index is 0.0522. The van der Waals surface area contributed by atoms with Gasteiger partial charge in [-0.2, -0.15) is 0 Å². The van der Waals surface area contributed by atoms with Crippen LogP contribution in [0.1, 0.15) is 42.4 Å². The molecule has 5 rings (SSSR count). The molecule has 4 aromatic carbocycles. The van der Waals surface area contributed by atoms with Crippen LogP contribution >= 0.6 is 0 Å². The summed E-state index contributed by atoms with van der Waals surface area (Å²) in [6.07, 6.45) is 4.18. The highest BCUT2D eigenvalue weighted by Gasteiger charge is 2.35. The standard InChI is InChI=1S/C37H41N3O5S/c1-28-17-19-30(20-18-28)26-39(35(25-29-11-5-3-6-12-29)37(42)38-31-13-9-10-14-31)36(41)27-40(32-21-23-33(45-2)24-22-32)46(43,44)34-15-7-4-8-16-34/h3-8,11-12,15-24,31,35H,9-10,13-14,25-27H2,1-2H3,(H,38,42)/t35-/m0/s1. The van der Waals surface area contributed by atoms with E-state index in [-0.39, 0.29) is 29.8 Å². The van der Waals surface area contributed by atoms with Crippen LogP contribution in [0.4, 0.5) is 5.69 Å². The van der Waals surface area contributed by atoms with E-state index in [0.29, 0.717) is 11.4 Å². The lowest BCUT2D eigenvalue weighted by molar-refractivity contribution is -0.140. The Morgan fingerprint density at radius 3 is 2.04 bits per heavy atom. The van der Waals surface area contributed by atoms with Crippen molar-refractivity contribution in [2.45, 2.75) is 62.6 Å². The summed E-state index contributed by atoms with van der Waals surface area (Å²) in [6, 6.07) is 31.2. The molecule has 0 saturated heterocycles. The summed E-state index contributed by atoms with van der Waals surface area (Å²) in [5.41, 5.74) is 3.12. The molecule has 0 unspecified atom stereocenters. The molecule has 1 atom stereocenters. The van der Waals surface area contributed by atoms with E-state index < -0.39 is 28.5 Å². The van der Waals surface area contributed by atoms with Gasteiger partial charge in [-0.15, -0.1) is 0 Å². The first-order valence-corrected chi connectivity index (χ1v) is 17.1. The van der Waals surface area contributed by atoms with Gasteiger partial charge in [-0.3, -0.25) is 13.9 Å². The van der Waals surface area contributed by atoms with Crippen molar-refractivity contribution in [2.24, 2.45) is 0 Å². The summed E-state index contributed by atoms with van der Waals surface area (Å²) in [5.74, 6) is -0.170. The van der Waals surface area contributed by atoms with E-state index in [1.165, 1.54) is 19.2 Å². The maximum Gasteiger partial charge on any atom is 0.264 e. The van der Waals surface area contributed by atoms with E-state index in [2.05, 4.69) is 5.32 Å². The Hall–Kier alpha value is -4.63. The van der Waals surface area contributed by atoms with E-state index in [1.54, 1.807) is 47.4 Å². The molecule has 0 aromatic heterocycles. The Morgan fingerprint density at radius 2 is 1.43 bits per heavy atom. The number of nitrogens with zero attached hydrogens (tertiary/aromatic N) is 2. The van der Waals surface area contributed by atoms with Gasteiger partial charge < -0.3 is 15.0 Å². The largest absolute Gasteiger partial charge is 0.497 e. The first-order valence-electron chi connectivity index (χ1n) is 15.7. The van der Waals surface area contributed by atoms with Gasteiger partial charge >= 0.3 is 0 Å². The average molecular weight is 640 g/mol. The molecule has 0 aliphatic heterocycles. The maximum atomic E-state index is 14.6. The van der Waals surface area contributed by atoms with Gasteiger partial charge in [0.2, 0.25) is 11.8 Å². The molecule has 1 aliphatic carbocycles. The van der Waals surface area contributed by atoms with Crippen LogP contribution < -0.4 is 14.4 Å². The minimum Gasteiger partial charge on any atom is -0.497 e. The van der Waals surface area contributed by atoms with E-state index in [4.69, 9.17) is 4.74 Å². The smallest absolute Gasteiger partial charge is 0.264 e. The Bertz CT molecular complexity index is 1690. The SMILES string of the molecule is COc1ccc(N(CC(=O)N(Cc2ccc(C)cc2)[C@@H](Cc2ccccc2)C(=O)NC2CCCC2)S(=O)(=O)c2ccccc2)cc1. The predicted octanol–water partition coefficient (Wildman–Crippen LogP) is 5.90. The zero-order chi connectivity index (χ0) is 32.5. The van der Waals surface area contributed by atoms with Crippen molar-refractivity contribution in [3.05, 3.63) is 126 Å². The minimum atomic E-state index is -4.16. The molecule has 1 N–H and O–H groups in total. The highest BCUT2D eigenvalue weighted by atomic mass is 32.2. The number of rotatable bonds is 13. The third-order valence-corrected chi connectivity index (χ3v) is 10.2. The van der Waals surface area contributed by atoms with Gasteiger partial charge in [0.25, 0.3) is 10.0 Å². The Morgan fingerprint density at radius 1 is 0.826 bits per heavy atom. The molecule has 8 nitrogen and oxygen atoms in total. The van der Waals surface area contributed by atoms with Crippen molar-refractivity contribution in [3.63, 3.8) is 0 Å². The maximum absolute atomic E-state index is 14.6. The number of carbonyl (C=O) groups is 2. The van der Waals surface area contributed by atoms with Gasteiger partial charge in [0.15, 0.2) is 0 Å². The average Bonchev–Trinajstić information content (AvgIpc) is 3.60. The molecular weight excluding hydrogens is 598 g/mol. The van der Waals surface area contributed by atoms with Crippen molar-refractivity contribution < 1.29 is 22.7 Å². The van der Waals surface area contributed by atoms with Gasteiger partial charge in [0.1, 0.15) is 18.3 Å². The zero-order valence-corrected chi connectivity index (χ0v) is 27.2. The second-order valence-corrected chi connectivity index (χ2v) is 13.6. The Balaban J connectivity index is 1.55. The molecule has 0 heterocycles. The number of aryl methyl sites for hydroxylation is 1. The summed E-state index contributed by atoms with van der Waals surface area (Å²) in [6.45, 7) is 1.62. The number of ether oxygens (including phenoxy) is 1. The van der Waals surface area contributed by atoms with Crippen molar-refractivity contribution in [1.29, 1.82) is 0 Å². The fraction of sp³-hybridized carbons (Fsp3) is 0.297. The van der Waals surface area contributed by atoms with Gasteiger partial charge in [-0.25, -0.2) is 8.42 Å². The van der Waals surface area contributed by atoms with Crippen LogP contribution in [-0.2, 0) is 32.6 Å². The van der Waals surface area contributed by atoms with Crippen LogP contribution in [0.2, 0.25) is 0 Å². The van der Waals surface area contributed by atoms with Crippen LogP contribution in [0.5, 0.6) is 5.75 Å². The van der Waals surface area contributed by atoms with E-state index in [0.717, 1.165) is 46.7 Å². The first kappa shape index (κ1) is 32.8. The summed E-state index contributed by atoms with van der Waals surface area (Å²) < 4.78 is 34.6. The molecule has 4 aromatic rings. The summed E-state index contributed by atoms with van der Waals surface area (Å²) in [7, 11) is -2.63. The highest BCUT2D eigenvalue weighted by molar-refractivity contribution is 7.92. The lowest BCUT2D eigenvalue weighted by Gasteiger charge is -2.34. The van der Waals surface area contributed by atoms with Crippen molar-refractivity contribution in [2.75, 3.05) is 18.0 Å². The number of carbonyl (C=O) groups excluding carboxylic acids is 2. The van der Waals surface area contributed by atoms with Gasteiger partial charge in [0, 0.05) is 19.0 Å². The molecular formula is C37H41N3O5S. The van der Waals surface area contributed by atoms with Crippen LogP contribution in [0.3, 0.4) is 0 Å². The quantitative estimate of drug-likeness (QED) is 0.197. The summed E-state index contributed by atoms with van der Waals surface area (Å²) >= 11 is 0. The summed E-state index contributed by atoms with van der Waals surface area (Å²) in [5, 5.41) is 3.20. The van der Waals surface area contributed by atoms with E-state index in [1.807, 2.05) is 61.5 Å². The highest BCUT2D eigenvalue weighted by Crippen LogP contribution is 2.27. The molecule has 0 bridgehead atoms. The second-order valence-electron chi connectivity index (χ2n) is 11.7. The molecule has 240 valence electrons. The fourth-order valence-corrected chi connectivity index (χ4v) is 7.24. The van der Waals surface area contributed by atoms with Crippen molar-refractivity contribution >= 4 is 27.5 Å². The normalized spacial score (nSPS) is 14.0. The summed E-state index contributed by atoms with van der Waals surface area (Å²) in [4.78, 5) is 30.3. The zero-order valence-electron chi connectivity index (χ0n) is 26.3. The van der Waals surface area contributed by atoms with Gasteiger partial charge in [0.05, 0.1) is 17.7 Å². The van der Waals surface area contributed by atoms with Gasteiger partial charge in [-0.05, 0) is 67.3 Å². The predicted molar refractivity (Wildman–Crippen MR) is 180 cm³/mol. The molecule has 1 saturated carbocycles. The number of benzene rings is 4. The molecule has 46 heavy (non-hydrogen) atoms. The lowest BCUT2D eigenvalue weighted by Crippen LogP contribution is -2.54. The number of anilines is 1. The van der Waals surface area contributed by atoms with Gasteiger partial charge in [-0.1, -0.05) is 91.2 Å². The van der Waals surface area contributed by atoms with Crippen LogP contribution in [0, 0.1) is 6.92 Å². The number of hydrogen-bond donors (Lipinski definition) is 1. The van der Waals surface area contributed by atoms with E-state index in [9.17, 15) is 18.0 Å². The first-order chi connectivity index (χ1) is 22.2. The van der Waals surface area contributed by atoms with Crippen LogP contribution in [0.15, 0.2) is 114 Å². The van der Waals surface area contributed by atoms with Crippen LogP contribution in [0.25, 0.3) is 0 Å². The molecule has 0 spiro atoms. The number of amides is 2. The number of sulfonamides is 1. The monoisotopic (exact) mass is 639 g/mol. The molecule has 1 fully saturated rings. The molecule has 0 radical (unpaired) electrons. The van der Waals surface area contributed by atoms with E-state index >= 15 is 0 Å². The Labute approximate surface area is 272 Å². The molecule has 1 aliphatic rings. The molecule has 2 amide bonds. The van der Waals surface area contributed by atoms with Crippen molar-refractivity contribution in [1.82, 2.24) is 10.2 Å². The third-order valence-electron chi connectivity index (χ3n) is 8.42. The fourth-order valence-electron chi connectivity index (χ4n) is 5.81. The number of methoxy groups -OCH3 is 1. The van der Waals surface area contributed by atoms with Crippen molar-refractivity contribution in [3.8, 4) is 5.75 Å². The number of hydrogen-bond acceptors (Lipinski definition) is 5. The van der Waals surface area contributed by atoms with Crippen LogP contribution in [-0.4, -0.2) is 50.9 Å². The topological polar surface area (TPSA) is 96.0 Å². The second kappa shape index (κ2) is 15.1. The Kier molecular flexibility index (Phi) is 10.8.